The maximum absolute atomic E-state index is 6.05. The molecular formula is C15H21NO2. The van der Waals surface area contributed by atoms with Gasteiger partial charge in [-0.1, -0.05) is 0 Å². The molecular weight excluding hydrogens is 226 g/mol. The van der Waals surface area contributed by atoms with E-state index in [1.54, 1.807) is 0 Å². The number of rotatable bonds is 3. The Morgan fingerprint density at radius 3 is 2.56 bits per heavy atom. The van der Waals surface area contributed by atoms with E-state index >= 15 is 0 Å². The van der Waals surface area contributed by atoms with Gasteiger partial charge in [0.2, 0.25) is 0 Å². The Hall–Kier alpha value is -1.22. The summed E-state index contributed by atoms with van der Waals surface area (Å²) in [5, 5.41) is 0. The van der Waals surface area contributed by atoms with Crippen molar-refractivity contribution in [1.29, 1.82) is 0 Å². The van der Waals surface area contributed by atoms with Gasteiger partial charge in [0.15, 0.2) is 0 Å². The van der Waals surface area contributed by atoms with Gasteiger partial charge in [-0.15, -0.1) is 0 Å². The minimum Gasteiger partial charge on any atom is -0.488 e. The van der Waals surface area contributed by atoms with E-state index in [0.717, 1.165) is 37.5 Å². The van der Waals surface area contributed by atoms with E-state index in [1.165, 1.54) is 24.0 Å². The van der Waals surface area contributed by atoms with Gasteiger partial charge in [0.05, 0.1) is 11.8 Å². The van der Waals surface area contributed by atoms with Crippen molar-refractivity contribution in [3.05, 3.63) is 23.3 Å². The Morgan fingerprint density at radius 1 is 1.17 bits per heavy atom. The number of benzene rings is 1. The number of ether oxygens (including phenoxy) is 2. The second-order valence-electron chi connectivity index (χ2n) is 5.45. The SMILES string of the molecule is Cc1cc(N)c(OC2CC2)cc1C1CCOCC1. The van der Waals surface area contributed by atoms with Gasteiger partial charge >= 0.3 is 0 Å². The van der Waals surface area contributed by atoms with Crippen LogP contribution in [0.25, 0.3) is 0 Å². The fourth-order valence-corrected chi connectivity index (χ4v) is 2.64. The maximum Gasteiger partial charge on any atom is 0.142 e. The van der Waals surface area contributed by atoms with Gasteiger partial charge in [0.1, 0.15) is 5.75 Å². The number of aryl methyl sites for hydroxylation is 1. The first-order valence-electron chi connectivity index (χ1n) is 6.88. The van der Waals surface area contributed by atoms with Crippen LogP contribution in [0.3, 0.4) is 0 Å². The molecule has 0 unspecified atom stereocenters. The van der Waals surface area contributed by atoms with Crippen molar-refractivity contribution in [2.75, 3.05) is 18.9 Å². The van der Waals surface area contributed by atoms with Gasteiger partial charge in [-0.05, 0) is 61.8 Å². The molecule has 0 spiro atoms. The largest absolute Gasteiger partial charge is 0.488 e. The molecule has 0 atom stereocenters. The Morgan fingerprint density at radius 2 is 1.89 bits per heavy atom. The third-order valence-corrected chi connectivity index (χ3v) is 3.88. The van der Waals surface area contributed by atoms with Crippen LogP contribution in [-0.4, -0.2) is 19.3 Å². The first-order valence-corrected chi connectivity index (χ1v) is 6.88. The van der Waals surface area contributed by atoms with E-state index in [0.29, 0.717) is 12.0 Å². The molecule has 1 aliphatic heterocycles. The van der Waals surface area contributed by atoms with Gasteiger partial charge in [-0.3, -0.25) is 0 Å². The molecule has 3 heteroatoms. The first kappa shape index (κ1) is 11.8. The minimum atomic E-state index is 0.401. The van der Waals surface area contributed by atoms with Crippen LogP contribution >= 0.6 is 0 Å². The molecule has 0 aromatic heterocycles. The normalized spacial score (nSPS) is 20.9. The van der Waals surface area contributed by atoms with Crippen molar-refractivity contribution in [3.63, 3.8) is 0 Å². The summed E-state index contributed by atoms with van der Waals surface area (Å²) in [5.41, 5.74) is 9.49. The van der Waals surface area contributed by atoms with Crippen LogP contribution in [0.15, 0.2) is 12.1 Å². The van der Waals surface area contributed by atoms with E-state index in [1.807, 2.05) is 0 Å². The molecule has 98 valence electrons. The molecule has 2 N–H and O–H groups in total. The maximum atomic E-state index is 6.05. The summed E-state index contributed by atoms with van der Waals surface area (Å²) in [4.78, 5) is 0. The summed E-state index contributed by atoms with van der Waals surface area (Å²) in [6.07, 6.45) is 4.94. The molecule has 2 aliphatic rings. The van der Waals surface area contributed by atoms with Crippen molar-refractivity contribution in [3.8, 4) is 5.75 Å². The van der Waals surface area contributed by atoms with Crippen LogP contribution in [0.2, 0.25) is 0 Å². The third-order valence-electron chi connectivity index (χ3n) is 3.88. The van der Waals surface area contributed by atoms with Crippen LogP contribution in [0.5, 0.6) is 5.75 Å². The van der Waals surface area contributed by atoms with Crippen LogP contribution < -0.4 is 10.5 Å². The average molecular weight is 247 g/mol. The van der Waals surface area contributed by atoms with E-state index in [9.17, 15) is 0 Å². The molecule has 0 radical (unpaired) electrons. The van der Waals surface area contributed by atoms with Gasteiger partial charge in [0, 0.05) is 13.2 Å². The quantitative estimate of drug-likeness (QED) is 0.835. The first-order chi connectivity index (χ1) is 8.74. The van der Waals surface area contributed by atoms with Crippen LogP contribution in [-0.2, 0) is 4.74 Å². The fourth-order valence-electron chi connectivity index (χ4n) is 2.64. The lowest BCUT2D eigenvalue weighted by molar-refractivity contribution is 0.0851. The molecule has 1 aromatic carbocycles. The molecule has 3 rings (SSSR count). The molecule has 1 heterocycles. The highest BCUT2D eigenvalue weighted by Crippen LogP contribution is 2.37. The molecule has 0 amide bonds. The molecule has 0 bridgehead atoms. The van der Waals surface area contributed by atoms with E-state index < -0.39 is 0 Å². The lowest BCUT2D eigenvalue weighted by atomic mass is 9.88. The van der Waals surface area contributed by atoms with Crippen molar-refractivity contribution in [1.82, 2.24) is 0 Å². The van der Waals surface area contributed by atoms with Crippen LogP contribution in [0.4, 0.5) is 5.69 Å². The zero-order valence-corrected chi connectivity index (χ0v) is 10.9. The van der Waals surface area contributed by atoms with Crippen LogP contribution in [0.1, 0.15) is 42.7 Å². The van der Waals surface area contributed by atoms with Crippen molar-refractivity contribution in [2.24, 2.45) is 0 Å². The van der Waals surface area contributed by atoms with E-state index in [-0.39, 0.29) is 0 Å². The third kappa shape index (κ3) is 2.46. The monoisotopic (exact) mass is 247 g/mol. The minimum absolute atomic E-state index is 0.401. The summed E-state index contributed by atoms with van der Waals surface area (Å²) in [7, 11) is 0. The summed E-state index contributed by atoms with van der Waals surface area (Å²) in [6.45, 7) is 3.88. The predicted molar refractivity (Wildman–Crippen MR) is 72.0 cm³/mol. The number of hydrogen-bond donors (Lipinski definition) is 1. The van der Waals surface area contributed by atoms with Gasteiger partial charge in [0.25, 0.3) is 0 Å². The van der Waals surface area contributed by atoms with Crippen molar-refractivity contribution >= 4 is 5.69 Å². The lowest BCUT2D eigenvalue weighted by Gasteiger charge is -2.25. The standard InChI is InChI=1S/C15H21NO2/c1-10-8-14(16)15(18-12-2-3-12)9-13(10)11-4-6-17-7-5-11/h8-9,11-12H,2-7,16H2,1H3. The number of nitrogen functional groups attached to an aromatic ring is 1. The molecule has 1 aliphatic carbocycles. The number of anilines is 1. The molecule has 3 nitrogen and oxygen atoms in total. The summed E-state index contributed by atoms with van der Waals surface area (Å²) < 4.78 is 11.3. The predicted octanol–water partition coefficient (Wildman–Crippen LogP) is 3.01. The number of nitrogens with two attached hydrogens (primary N) is 1. The van der Waals surface area contributed by atoms with Gasteiger partial charge in [-0.2, -0.15) is 0 Å². The topological polar surface area (TPSA) is 44.5 Å². The van der Waals surface area contributed by atoms with Gasteiger partial charge in [-0.25, -0.2) is 0 Å². The lowest BCUT2D eigenvalue weighted by Crippen LogP contribution is -2.15. The smallest absolute Gasteiger partial charge is 0.142 e. The van der Waals surface area contributed by atoms with Crippen LogP contribution in [0, 0.1) is 6.92 Å². The summed E-state index contributed by atoms with van der Waals surface area (Å²) in [6, 6.07) is 4.22. The van der Waals surface area contributed by atoms with Gasteiger partial charge < -0.3 is 15.2 Å². The molecule has 1 saturated carbocycles. The highest BCUT2D eigenvalue weighted by molar-refractivity contribution is 5.57. The molecule has 1 aromatic rings. The summed E-state index contributed by atoms with van der Waals surface area (Å²) >= 11 is 0. The number of hydrogen-bond acceptors (Lipinski definition) is 3. The molecule has 18 heavy (non-hydrogen) atoms. The van der Waals surface area contributed by atoms with E-state index in [4.69, 9.17) is 15.2 Å². The Kier molecular flexibility index (Phi) is 3.16. The zero-order valence-electron chi connectivity index (χ0n) is 10.9. The highest BCUT2D eigenvalue weighted by atomic mass is 16.5. The average Bonchev–Trinajstić information content (AvgIpc) is 3.18. The highest BCUT2D eigenvalue weighted by Gasteiger charge is 2.25. The fraction of sp³-hybridized carbons (Fsp3) is 0.600. The Bertz CT molecular complexity index is 434. The summed E-state index contributed by atoms with van der Waals surface area (Å²) in [5.74, 6) is 1.48. The van der Waals surface area contributed by atoms with E-state index in [2.05, 4.69) is 19.1 Å². The molecule has 1 saturated heterocycles. The second-order valence-corrected chi connectivity index (χ2v) is 5.45. The van der Waals surface area contributed by atoms with Crippen molar-refractivity contribution < 1.29 is 9.47 Å². The second kappa shape index (κ2) is 4.81. The molecule has 2 fully saturated rings. The zero-order chi connectivity index (χ0) is 12.5. The Labute approximate surface area is 108 Å². The Balaban J connectivity index is 1.86. The van der Waals surface area contributed by atoms with Crippen molar-refractivity contribution in [2.45, 2.75) is 44.6 Å².